The smallest absolute Gasteiger partial charge is 0.250 e. The molecule has 0 unspecified atom stereocenters. The molecule has 0 atom stereocenters. The third-order valence-electron chi connectivity index (χ3n) is 2.19. The van der Waals surface area contributed by atoms with Crippen LogP contribution in [0, 0.1) is 0 Å². The van der Waals surface area contributed by atoms with Gasteiger partial charge < -0.3 is 16.2 Å². The number of nitrogen functional groups attached to an aromatic ring is 1. The van der Waals surface area contributed by atoms with E-state index in [1.165, 1.54) is 18.3 Å². The van der Waals surface area contributed by atoms with E-state index in [1.807, 2.05) is 0 Å². The van der Waals surface area contributed by atoms with E-state index in [1.54, 1.807) is 18.2 Å². The van der Waals surface area contributed by atoms with Crippen LogP contribution in [0.3, 0.4) is 0 Å². The summed E-state index contributed by atoms with van der Waals surface area (Å²) in [4.78, 5) is 14.8. The normalized spacial score (nSPS) is 10.1. The van der Waals surface area contributed by atoms with Gasteiger partial charge in [-0.05, 0) is 24.3 Å². The van der Waals surface area contributed by atoms with Crippen LogP contribution in [0.2, 0.25) is 5.02 Å². The Labute approximate surface area is 108 Å². The molecule has 1 aromatic carbocycles. The summed E-state index contributed by atoms with van der Waals surface area (Å²) in [6.07, 6.45) is 1.34. The minimum absolute atomic E-state index is 0.311. The number of hydrogen-bond acceptors (Lipinski definition) is 4. The molecule has 0 saturated carbocycles. The molecule has 2 rings (SSSR count). The van der Waals surface area contributed by atoms with Gasteiger partial charge in [0.05, 0.1) is 10.6 Å². The van der Waals surface area contributed by atoms with Gasteiger partial charge in [-0.3, -0.25) is 4.79 Å². The molecule has 6 heteroatoms. The van der Waals surface area contributed by atoms with Gasteiger partial charge >= 0.3 is 0 Å². The third-order valence-corrected chi connectivity index (χ3v) is 2.49. The highest BCUT2D eigenvalue weighted by Gasteiger charge is 2.06. The average molecular weight is 264 g/mol. The zero-order chi connectivity index (χ0) is 13.1. The van der Waals surface area contributed by atoms with Crippen molar-refractivity contribution >= 4 is 23.2 Å². The molecule has 0 spiro atoms. The lowest BCUT2D eigenvalue weighted by Gasteiger charge is -2.07. The highest BCUT2D eigenvalue weighted by atomic mass is 35.5. The van der Waals surface area contributed by atoms with Gasteiger partial charge in [0.15, 0.2) is 0 Å². The van der Waals surface area contributed by atoms with E-state index in [4.69, 9.17) is 27.8 Å². The van der Waals surface area contributed by atoms with Crippen molar-refractivity contribution in [3.05, 3.63) is 47.1 Å². The standard InChI is InChI=1S/C12H10ClN3O2/c13-9-5-8(14)2-3-10(9)18-11-4-1-7(6-16-11)12(15)17/h1-6H,14H2,(H2,15,17). The van der Waals surface area contributed by atoms with Crippen molar-refractivity contribution in [1.82, 2.24) is 4.98 Å². The molecule has 1 heterocycles. The summed E-state index contributed by atoms with van der Waals surface area (Å²) in [6.45, 7) is 0. The number of ether oxygens (including phenoxy) is 1. The lowest BCUT2D eigenvalue weighted by molar-refractivity contribution is 0.1000. The van der Waals surface area contributed by atoms with E-state index < -0.39 is 5.91 Å². The van der Waals surface area contributed by atoms with Crippen LogP contribution in [0.5, 0.6) is 11.6 Å². The fourth-order valence-electron chi connectivity index (χ4n) is 1.30. The zero-order valence-electron chi connectivity index (χ0n) is 9.26. The number of pyridine rings is 1. The largest absolute Gasteiger partial charge is 0.437 e. The van der Waals surface area contributed by atoms with Gasteiger partial charge in [0.2, 0.25) is 11.8 Å². The monoisotopic (exact) mass is 263 g/mol. The SMILES string of the molecule is NC(=O)c1ccc(Oc2ccc(N)cc2Cl)nc1. The van der Waals surface area contributed by atoms with E-state index >= 15 is 0 Å². The fraction of sp³-hybridized carbons (Fsp3) is 0. The predicted molar refractivity (Wildman–Crippen MR) is 68.7 cm³/mol. The van der Waals surface area contributed by atoms with Crippen LogP contribution in [-0.2, 0) is 0 Å². The average Bonchev–Trinajstić information content (AvgIpc) is 2.33. The Morgan fingerprint density at radius 3 is 2.61 bits per heavy atom. The molecule has 0 aliphatic rings. The second kappa shape index (κ2) is 4.93. The summed E-state index contributed by atoms with van der Waals surface area (Å²) in [7, 11) is 0. The number of carbonyl (C=O) groups excluding carboxylic acids is 1. The molecule has 0 radical (unpaired) electrons. The minimum Gasteiger partial charge on any atom is -0.437 e. The van der Waals surface area contributed by atoms with Gasteiger partial charge in [-0.15, -0.1) is 0 Å². The first-order valence-electron chi connectivity index (χ1n) is 5.05. The number of rotatable bonds is 3. The summed E-state index contributed by atoms with van der Waals surface area (Å²) in [5.41, 5.74) is 11.5. The van der Waals surface area contributed by atoms with E-state index in [0.29, 0.717) is 27.9 Å². The molecular formula is C12H10ClN3O2. The predicted octanol–water partition coefficient (Wildman–Crippen LogP) is 2.21. The minimum atomic E-state index is -0.542. The van der Waals surface area contributed by atoms with Gasteiger partial charge in [0, 0.05) is 18.0 Å². The maximum atomic E-state index is 10.9. The Bertz CT molecular complexity index is 584. The molecule has 0 bridgehead atoms. The number of benzene rings is 1. The second-order valence-electron chi connectivity index (χ2n) is 3.54. The highest BCUT2D eigenvalue weighted by molar-refractivity contribution is 6.32. The number of anilines is 1. The molecule has 92 valence electrons. The van der Waals surface area contributed by atoms with Crippen LogP contribution in [0.4, 0.5) is 5.69 Å². The van der Waals surface area contributed by atoms with Gasteiger partial charge in [-0.2, -0.15) is 0 Å². The van der Waals surface area contributed by atoms with Crippen molar-refractivity contribution in [2.45, 2.75) is 0 Å². The zero-order valence-corrected chi connectivity index (χ0v) is 10.0. The number of nitrogens with zero attached hydrogens (tertiary/aromatic N) is 1. The Morgan fingerprint density at radius 2 is 2.06 bits per heavy atom. The Kier molecular flexibility index (Phi) is 3.34. The van der Waals surface area contributed by atoms with Crippen molar-refractivity contribution < 1.29 is 9.53 Å². The molecule has 0 aliphatic carbocycles. The second-order valence-corrected chi connectivity index (χ2v) is 3.95. The van der Waals surface area contributed by atoms with Gasteiger partial charge in [0.1, 0.15) is 5.75 Å². The first-order chi connectivity index (χ1) is 8.56. The van der Waals surface area contributed by atoms with Gasteiger partial charge in [-0.1, -0.05) is 11.6 Å². The van der Waals surface area contributed by atoms with E-state index in [9.17, 15) is 4.79 Å². The summed E-state index contributed by atoms with van der Waals surface area (Å²) in [5.74, 6) is 0.205. The fourth-order valence-corrected chi connectivity index (χ4v) is 1.53. The summed E-state index contributed by atoms with van der Waals surface area (Å²) >= 11 is 5.95. The van der Waals surface area contributed by atoms with Crippen LogP contribution in [-0.4, -0.2) is 10.9 Å². The number of aromatic nitrogens is 1. The van der Waals surface area contributed by atoms with Crippen molar-refractivity contribution in [3.63, 3.8) is 0 Å². The summed E-state index contributed by atoms with van der Waals surface area (Å²) in [5, 5.41) is 0.385. The van der Waals surface area contributed by atoms with E-state index in [2.05, 4.69) is 4.98 Å². The molecule has 1 aromatic heterocycles. The van der Waals surface area contributed by atoms with Crippen LogP contribution in [0.1, 0.15) is 10.4 Å². The van der Waals surface area contributed by atoms with E-state index in [-0.39, 0.29) is 0 Å². The van der Waals surface area contributed by atoms with Crippen LogP contribution < -0.4 is 16.2 Å². The molecule has 1 amide bonds. The van der Waals surface area contributed by atoms with Crippen LogP contribution in [0.15, 0.2) is 36.5 Å². The van der Waals surface area contributed by atoms with Crippen LogP contribution in [0.25, 0.3) is 0 Å². The number of carbonyl (C=O) groups is 1. The topological polar surface area (TPSA) is 91.2 Å². The summed E-state index contributed by atoms with van der Waals surface area (Å²) in [6, 6.07) is 7.94. The number of halogens is 1. The van der Waals surface area contributed by atoms with Crippen molar-refractivity contribution in [3.8, 4) is 11.6 Å². The lowest BCUT2D eigenvalue weighted by atomic mass is 10.3. The number of amides is 1. The molecule has 4 N–H and O–H groups in total. The highest BCUT2D eigenvalue weighted by Crippen LogP contribution is 2.29. The number of primary amides is 1. The van der Waals surface area contributed by atoms with Gasteiger partial charge in [-0.25, -0.2) is 4.98 Å². The molecular weight excluding hydrogens is 254 g/mol. The number of nitrogens with two attached hydrogens (primary N) is 2. The van der Waals surface area contributed by atoms with Crippen molar-refractivity contribution in [2.24, 2.45) is 5.73 Å². The Morgan fingerprint density at radius 1 is 1.28 bits per heavy atom. The number of hydrogen-bond donors (Lipinski definition) is 2. The van der Waals surface area contributed by atoms with Crippen LogP contribution >= 0.6 is 11.6 Å². The van der Waals surface area contributed by atoms with Crippen molar-refractivity contribution in [1.29, 1.82) is 0 Å². The maximum Gasteiger partial charge on any atom is 0.250 e. The molecule has 18 heavy (non-hydrogen) atoms. The molecule has 0 fully saturated rings. The molecule has 2 aromatic rings. The Hall–Kier alpha value is -2.27. The van der Waals surface area contributed by atoms with Gasteiger partial charge in [0.25, 0.3) is 0 Å². The third kappa shape index (κ3) is 2.70. The molecule has 5 nitrogen and oxygen atoms in total. The molecule has 0 aliphatic heterocycles. The first kappa shape index (κ1) is 12.2. The van der Waals surface area contributed by atoms with E-state index in [0.717, 1.165) is 0 Å². The Balaban J connectivity index is 2.21. The summed E-state index contributed by atoms with van der Waals surface area (Å²) < 4.78 is 5.45. The lowest BCUT2D eigenvalue weighted by Crippen LogP contribution is -2.10. The first-order valence-corrected chi connectivity index (χ1v) is 5.43. The molecule has 0 saturated heterocycles. The van der Waals surface area contributed by atoms with Crippen molar-refractivity contribution in [2.75, 3.05) is 5.73 Å². The quantitative estimate of drug-likeness (QED) is 0.831. The maximum absolute atomic E-state index is 10.9.